The highest BCUT2D eigenvalue weighted by Gasteiger charge is 2.24. The molecule has 0 aromatic carbocycles. The molecule has 0 bridgehead atoms. The minimum atomic E-state index is -0.495. The summed E-state index contributed by atoms with van der Waals surface area (Å²) < 4.78 is 0. The molecule has 0 radical (unpaired) electrons. The maximum absolute atomic E-state index is 12.0. The Bertz CT molecular complexity index is 707. The van der Waals surface area contributed by atoms with Crippen molar-refractivity contribution in [2.24, 2.45) is 0 Å². The molecule has 2 N–H and O–H groups in total. The van der Waals surface area contributed by atoms with Crippen LogP contribution in [0.2, 0.25) is 0 Å². The monoisotopic (exact) mass is 275 g/mol. The molecule has 7 heteroatoms. The topological polar surface area (TPSA) is 88.2 Å². The van der Waals surface area contributed by atoms with Crippen molar-refractivity contribution in [2.75, 3.05) is 5.32 Å². The van der Waals surface area contributed by atoms with Crippen LogP contribution in [0.3, 0.4) is 0 Å². The van der Waals surface area contributed by atoms with Gasteiger partial charge in [0.25, 0.3) is 5.91 Å². The van der Waals surface area contributed by atoms with Crippen LogP contribution in [-0.2, 0) is 9.59 Å². The van der Waals surface area contributed by atoms with Crippen molar-refractivity contribution < 1.29 is 14.4 Å². The third kappa shape index (κ3) is 2.08. The van der Waals surface area contributed by atoms with Gasteiger partial charge in [-0.3, -0.25) is 19.7 Å². The number of amides is 3. The summed E-state index contributed by atoms with van der Waals surface area (Å²) in [6.07, 6.45) is 1.67. The third-order valence-electron chi connectivity index (χ3n) is 2.77. The van der Waals surface area contributed by atoms with Gasteiger partial charge in [0.1, 0.15) is 9.71 Å². The van der Waals surface area contributed by atoms with E-state index in [0.29, 0.717) is 20.8 Å². The fourth-order valence-electron chi connectivity index (χ4n) is 1.89. The zero-order valence-electron chi connectivity index (χ0n) is 9.73. The van der Waals surface area contributed by atoms with E-state index in [4.69, 9.17) is 0 Å². The van der Waals surface area contributed by atoms with Gasteiger partial charge in [0.2, 0.25) is 11.8 Å². The van der Waals surface area contributed by atoms with Gasteiger partial charge in [-0.2, -0.15) is 0 Å². The summed E-state index contributed by atoms with van der Waals surface area (Å²) in [6.45, 7) is 0. The molecule has 0 unspecified atom stereocenters. The second-order valence-electron chi connectivity index (χ2n) is 4.09. The van der Waals surface area contributed by atoms with Gasteiger partial charge in [-0.25, -0.2) is 4.98 Å². The van der Waals surface area contributed by atoms with Gasteiger partial charge in [0.15, 0.2) is 0 Å². The number of imide groups is 1. The normalized spacial score (nSPS) is 16.1. The van der Waals surface area contributed by atoms with Crippen LogP contribution < -0.4 is 10.6 Å². The van der Waals surface area contributed by atoms with E-state index < -0.39 is 11.8 Å². The molecule has 6 nitrogen and oxygen atoms in total. The summed E-state index contributed by atoms with van der Waals surface area (Å²) >= 11 is 1.15. The number of nitrogens with zero attached hydrogens (tertiary/aromatic N) is 1. The molecule has 1 aliphatic heterocycles. The van der Waals surface area contributed by atoms with E-state index in [1.54, 1.807) is 18.3 Å². The Morgan fingerprint density at radius 3 is 2.63 bits per heavy atom. The van der Waals surface area contributed by atoms with Crippen molar-refractivity contribution in [3.8, 4) is 0 Å². The van der Waals surface area contributed by atoms with Crippen molar-refractivity contribution in [3.05, 3.63) is 23.2 Å². The summed E-state index contributed by atoms with van der Waals surface area (Å²) in [5.41, 5.74) is 0.435. The quantitative estimate of drug-likeness (QED) is 0.709. The predicted octanol–water partition coefficient (Wildman–Crippen LogP) is 1.28. The molecule has 1 aliphatic rings. The summed E-state index contributed by atoms with van der Waals surface area (Å²) in [6, 6.07) is 3.52. The SMILES string of the molecule is O=C1CCC(=O)Nc2c(sc3ncccc23)C(=O)N1. The molecule has 0 aliphatic carbocycles. The second-order valence-corrected chi connectivity index (χ2v) is 5.09. The average molecular weight is 275 g/mol. The molecule has 96 valence electrons. The molecular formula is C12H9N3O3S. The first kappa shape index (κ1) is 11.8. The number of anilines is 1. The van der Waals surface area contributed by atoms with E-state index >= 15 is 0 Å². The number of nitrogens with one attached hydrogen (secondary N) is 2. The number of pyridine rings is 1. The Hall–Kier alpha value is -2.28. The van der Waals surface area contributed by atoms with E-state index in [0.717, 1.165) is 11.3 Å². The van der Waals surface area contributed by atoms with Crippen LogP contribution in [0.4, 0.5) is 5.69 Å². The number of rotatable bonds is 0. The van der Waals surface area contributed by atoms with E-state index in [2.05, 4.69) is 15.6 Å². The van der Waals surface area contributed by atoms with Gasteiger partial charge < -0.3 is 5.32 Å². The van der Waals surface area contributed by atoms with Crippen LogP contribution >= 0.6 is 11.3 Å². The van der Waals surface area contributed by atoms with Gasteiger partial charge in [0.05, 0.1) is 5.69 Å². The van der Waals surface area contributed by atoms with Crippen molar-refractivity contribution >= 4 is 45.0 Å². The zero-order chi connectivity index (χ0) is 13.4. The minimum absolute atomic E-state index is 0.00268. The van der Waals surface area contributed by atoms with E-state index in [1.165, 1.54) is 0 Å². The fraction of sp³-hybridized carbons (Fsp3) is 0.167. The van der Waals surface area contributed by atoms with Crippen LogP contribution in [0.25, 0.3) is 10.2 Å². The van der Waals surface area contributed by atoms with E-state index in [1.807, 2.05) is 0 Å². The Kier molecular flexibility index (Phi) is 2.75. The van der Waals surface area contributed by atoms with Crippen LogP contribution in [0, 0.1) is 0 Å². The number of carbonyl (C=O) groups excluding carboxylic acids is 3. The summed E-state index contributed by atoms with van der Waals surface area (Å²) in [5, 5.41) is 5.68. The largest absolute Gasteiger partial charge is 0.324 e. The van der Waals surface area contributed by atoms with Crippen LogP contribution in [0.1, 0.15) is 22.5 Å². The molecular weight excluding hydrogens is 266 g/mol. The summed E-state index contributed by atoms with van der Waals surface area (Å²) in [5.74, 6) is -1.22. The summed E-state index contributed by atoms with van der Waals surface area (Å²) in [4.78, 5) is 40.3. The van der Waals surface area contributed by atoms with Gasteiger partial charge in [0, 0.05) is 24.4 Å². The molecule has 0 saturated heterocycles. The lowest BCUT2D eigenvalue weighted by atomic mass is 10.2. The third-order valence-corrected chi connectivity index (χ3v) is 3.88. The van der Waals surface area contributed by atoms with Gasteiger partial charge in [-0.15, -0.1) is 11.3 Å². The maximum atomic E-state index is 12.0. The van der Waals surface area contributed by atoms with Crippen molar-refractivity contribution in [1.82, 2.24) is 10.3 Å². The molecule has 3 rings (SSSR count). The lowest BCUT2D eigenvalue weighted by Crippen LogP contribution is -2.29. The predicted molar refractivity (Wildman–Crippen MR) is 70.0 cm³/mol. The molecule has 2 aromatic heterocycles. The van der Waals surface area contributed by atoms with Crippen LogP contribution in [0.15, 0.2) is 18.3 Å². The summed E-state index contributed by atoms with van der Waals surface area (Å²) in [7, 11) is 0. The Labute approximate surface area is 111 Å². The highest BCUT2D eigenvalue weighted by atomic mass is 32.1. The Morgan fingerprint density at radius 2 is 1.84 bits per heavy atom. The average Bonchev–Trinajstić information content (AvgIpc) is 2.76. The zero-order valence-corrected chi connectivity index (χ0v) is 10.5. The highest BCUT2D eigenvalue weighted by molar-refractivity contribution is 7.21. The lowest BCUT2D eigenvalue weighted by molar-refractivity contribution is -0.123. The lowest BCUT2D eigenvalue weighted by Gasteiger charge is -2.03. The number of hydrogen-bond acceptors (Lipinski definition) is 5. The van der Waals surface area contributed by atoms with Crippen molar-refractivity contribution in [3.63, 3.8) is 0 Å². The first-order chi connectivity index (χ1) is 9.15. The van der Waals surface area contributed by atoms with Gasteiger partial charge >= 0.3 is 0 Å². The molecule has 19 heavy (non-hydrogen) atoms. The van der Waals surface area contributed by atoms with Crippen molar-refractivity contribution in [1.29, 1.82) is 0 Å². The first-order valence-corrected chi connectivity index (χ1v) is 6.48. The van der Waals surface area contributed by atoms with E-state index in [9.17, 15) is 14.4 Å². The molecule has 0 spiro atoms. The number of carbonyl (C=O) groups is 3. The minimum Gasteiger partial charge on any atom is -0.324 e. The second kappa shape index (κ2) is 4.43. The Morgan fingerprint density at radius 1 is 1.11 bits per heavy atom. The number of hydrogen-bond donors (Lipinski definition) is 2. The standard InChI is InChI=1S/C12H9N3O3S/c16-7-3-4-8(17)15-11(18)10-9(14-7)6-2-1-5-13-12(6)19-10/h1-2,5H,3-4H2,(H,14,16)(H,15,17,18). The highest BCUT2D eigenvalue weighted by Crippen LogP contribution is 2.34. The molecule has 3 amide bonds. The maximum Gasteiger partial charge on any atom is 0.270 e. The van der Waals surface area contributed by atoms with Crippen LogP contribution in [-0.4, -0.2) is 22.7 Å². The molecule has 0 fully saturated rings. The molecule has 3 heterocycles. The fourth-order valence-corrected chi connectivity index (χ4v) is 2.89. The number of fused-ring (bicyclic) bond motifs is 3. The van der Waals surface area contributed by atoms with Crippen LogP contribution in [0.5, 0.6) is 0 Å². The first-order valence-electron chi connectivity index (χ1n) is 5.66. The van der Waals surface area contributed by atoms with Gasteiger partial charge in [-0.05, 0) is 12.1 Å². The smallest absolute Gasteiger partial charge is 0.270 e. The van der Waals surface area contributed by atoms with Crippen molar-refractivity contribution in [2.45, 2.75) is 12.8 Å². The number of thiophene rings is 1. The molecule has 0 saturated carbocycles. The number of aromatic nitrogens is 1. The van der Waals surface area contributed by atoms with E-state index in [-0.39, 0.29) is 18.7 Å². The molecule has 2 aromatic rings. The Balaban J connectivity index is 2.20. The van der Waals surface area contributed by atoms with Gasteiger partial charge in [-0.1, -0.05) is 0 Å². The molecule has 0 atom stereocenters.